The van der Waals surface area contributed by atoms with Gasteiger partial charge in [-0.3, -0.25) is 9.59 Å². The smallest absolute Gasteiger partial charge is 0.264 e. The van der Waals surface area contributed by atoms with Crippen molar-refractivity contribution in [3.63, 3.8) is 0 Å². The summed E-state index contributed by atoms with van der Waals surface area (Å²) in [6, 6.07) is 5.25. The normalized spacial score (nSPS) is 17.1. The third-order valence-corrected chi connectivity index (χ3v) is 6.14. The van der Waals surface area contributed by atoms with Crippen LogP contribution in [0.25, 0.3) is 0 Å². The summed E-state index contributed by atoms with van der Waals surface area (Å²) in [6.45, 7) is 2.47. The first kappa shape index (κ1) is 18.5. The van der Waals surface area contributed by atoms with Crippen LogP contribution < -0.4 is 10.2 Å². The maximum Gasteiger partial charge on any atom is 0.264 e. The zero-order valence-corrected chi connectivity index (χ0v) is 16.8. The standard InChI is InChI=1S/C18H18Cl2N4O2S/c19-12-9-13(20)16(21-10-12)23-5-7-24(8-6-23)18(26)14-3-4-15(27-14)22-17(25)11-1-2-11/h3-4,9-11H,1-2,5-8H2,(H,22,25). The second-order valence-electron chi connectivity index (χ2n) is 6.67. The highest BCUT2D eigenvalue weighted by Gasteiger charge is 2.30. The number of thiophene rings is 1. The van der Waals surface area contributed by atoms with Gasteiger partial charge in [-0.2, -0.15) is 0 Å². The van der Waals surface area contributed by atoms with Gasteiger partial charge in [0.1, 0.15) is 5.82 Å². The number of halogens is 2. The lowest BCUT2D eigenvalue weighted by Crippen LogP contribution is -2.49. The molecule has 2 aromatic rings. The van der Waals surface area contributed by atoms with E-state index in [-0.39, 0.29) is 17.7 Å². The molecule has 27 heavy (non-hydrogen) atoms. The summed E-state index contributed by atoms with van der Waals surface area (Å²) in [6.07, 6.45) is 3.49. The Balaban J connectivity index is 1.35. The summed E-state index contributed by atoms with van der Waals surface area (Å²) in [5, 5.41) is 4.63. The predicted molar refractivity (Wildman–Crippen MR) is 108 cm³/mol. The summed E-state index contributed by atoms with van der Waals surface area (Å²) in [4.78, 5) is 33.4. The maximum absolute atomic E-state index is 12.7. The summed E-state index contributed by atoms with van der Waals surface area (Å²) in [5.74, 6) is 0.875. The van der Waals surface area contributed by atoms with Crippen molar-refractivity contribution in [2.24, 2.45) is 5.92 Å². The monoisotopic (exact) mass is 424 g/mol. The molecule has 1 saturated heterocycles. The van der Waals surface area contributed by atoms with Gasteiger partial charge in [-0.15, -0.1) is 11.3 Å². The molecule has 1 N–H and O–H groups in total. The average molecular weight is 425 g/mol. The Hall–Kier alpha value is -1.83. The van der Waals surface area contributed by atoms with Crippen molar-refractivity contribution in [3.05, 3.63) is 39.3 Å². The third kappa shape index (κ3) is 4.20. The van der Waals surface area contributed by atoms with E-state index < -0.39 is 0 Å². The second-order valence-corrected chi connectivity index (χ2v) is 8.59. The number of nitrogens with one attached hydrogen (secondary N) is 1. The fourth-order valence-electron chi connectivity index (χ4n) is 3.01. The van der Waals surface area contributed by atoms with E-state index in [1.165, 1.54) is 11.3 Å². The number of pyridine rings is 1. The summed E-state index contributed by atoms with van der Waals surface area (Å²) in [7, 11) is 0. The van der Waals surface area contributed by atoms with Crippen LogP contribution in [-0.4, -0.2) is 47.9 Å². The van der Waals surface area contributed by atoms with Gasteiger partial charge in [0.2, 0.25) is 5.91 Å². The van der Waals surface area contributed by atoms with Crippen molar-refractivity contribution in [2.45, 2.75) is 12.8 Å². The zero-order chi connectivity index (χ0) is 19.0. The molecule has 2 aromatic heterocycles. The molecular formula is C18H18Cl2N4O2S. The molecule has 0 atom stereocenters. The van der Waals surface area contributed by atoms with Crippen LogP contribution in [0.1, 0.15) is 22.5 Å². The lowest BCUT2D eigenvalue weighted by Gasteiger charge is -2.35. The molecule has 0 spiro atoms. The fraction of sp³-hybridized carbons (Fsp3) is 0.389. The molecule has 0 aromatic carbocycles. The van der Waals surface area contributed by atoms with E-state index in [9.17, 15) is 9.59 Å². The van der Waals surface area contributed by atoms with Crippen molar-refractivity contribution in [1.82, 2.24) is 9.88 Å². The van der Waals surface area contributed by atoms with Crippen LogP contribution in [-0.2, 0) is 4.79 Å². The van der Waals surface area contributed by atoms with Crippen LogP contribution in [0, 0.1) is 5.92 Å². The molecule has 9 heteroatoms. The first-order valence-electron chi connectivity index (χ1n) is 8.77. The number of aromatic nitrogens is 1. The van der Waals surface area contributed by atoms with E-state index in [1.54, 1.807) is 24.4 Å². The van der Waals surface area contributed by atoms with Crippen molar-refractivity contribution in [1.29, 1.82) is 0 Å². The molecule has 0 radical (unpaired) electrons. The minimum Gasteiger partial charge on any atom is -0.352 e. The molecule has 1 aliphatic heterocycles. The van der Waals surface area contributed by atoms with E-state index in [2.05, 4.69) is 15.2 Å². The molecule has 3 heterocycles. The number of rotatable bonds is 4. The minimum absolute atomic E-state index is 0.0123. The fourth-order valence-corrected chi connectivity index (χ4v) is 4.38. The average Bonchev–Trinajstić information content (AvgIpc) is 3.41. The van der Waals surface area contributed by atoms with Gasteiger partial charge >= 0.3 is 0 Å². The second kappa shape index (κ2) is 7.66. The van der Waals surface area contributed by atoms with Crippen LogP contribution in [0.3, 0.4) is 0 Å². The van der Waals surface area contributed by atoms with E-state index in [1.807, 2.05) is 4.90 Å². The van der Waals surface area contributed by atoms with E-state index in [0.29, 0.717) is 46.9 Å². The molecule has 0 bridgehead atoms. The SMILES string of the molecule is O=C(Nc1ccc(C(=O)N2CCN(c3ncc(Cl)cc3Cl)CC2)s1)C1CC1. The van der Waals surface area contributed by atoms with Crippen molar-refractivity contribution >= 4 is 57.2 Å². The largest absolute Gasteiger partial charge is 0.352 e. The van der Waals surface area contributed by atoms with E-state index in [4.69, 9.17) is 23.2 Å². The number of hydrogen-bond donors (Lipinski definition) is 1. The first-order valence-corrected chi connectivity index (χ1v) is 10.3. The number of amides is 2. The highest BCUT2D eigenvalue weighted by atomic mass is 35.5. The Kier molecular flexibility index (Phi) is 5.25. The van der Waals surface area contributed by atoms with Gasteiger partial charge in [-0.05, 0) is 31.0 Å². The van der Waals surface area contributed by atoms with E-state index in [0.717, 1.165) is 17.8 Å². The quantitative estimate of drug-likeness (QED) is 0.810. The van der Waals surface area contributed by atoms with Gasteiger partial charge in [-0.1, -0.05) is 23.2 Å². The number of piperazine rings is 1. The number of anilines is 2. The third-order valence-electron chi connectivity index (χ3n) is 4.67. The number of nitrogens with zero attached hydrogens (tertiary/aromatic N) is 3. The lowest BCUT2D eigenvalue weighted by molar-refractivity contribution is -0.117. The zero-order valence-electron chi connectivity index (χ0n) is 14.5. The Labute approximate surface area is 171 Å². The van der Waals surface area contributed by atoms with Gasteiger partial charge in [-0.25, -0.2) is 4.98 Å². The Morgan fingerprint density at radius 2 is 1.89 bits per heavy atom. The van der Waals surface area contributed by atoms with E-state index >= 15 is 0 Å². The summed E-state index contributed by atoms with van der Waals surface area (Å²) >= 11 is 13.5. The molecule has 0 unspecified atom stereocenters. The van der Waals surface area contributed by atoms with Crippen LogP contribution in [0.5, 0.6) is 0 Å². The topological polar surface area (TPSA) is 65.5 Å². The van der Waals surface area contributed by atoms with Gasteiger partial charge in [0, 0.05) is 38.3 Å². The van der Waals surface area contributed by atoms with Gasteiger partial charge in [0.05, 0.1) is 19.9 Å². The summed E-state index contributed by atoms with van der Waals surface area (Å²) < 4.78 is 0. The molecule has 6 nitrogen and oxygen atoms in total. The number of carbonyl (C=O) groups is 2. The van der Waals surface area contributed by atoms with Crippen LogP contribution in [0.4, 0.5) is 10.8 Å². The van der Waals surface area contributed by atoms with Gasteiger partial charge in [0.25, 0.3) is 5.91 Å². The Bertz CT molecular complexity index is 876. The highest BCUT2D eigenvalue weighted by Crippen LogP contribution is 2.32. The first-order chi connectivity index (χ1) is 13.0. The van der Waals surface area contributed by atoms with Crippen molar-refractivity contribution in [3.8, 4) is 0 Å². The maximum atomic E-state index is 12.7. The highest BCUT2D eigenvalue weighted by molar-refractivity contribution is 7.18. The van der Waals surface area contributed by atoms with Gasteiger partial charge < -0.3 is 15.1 Å². The number of hydrogen-bond acceptors (Lipinski definition) is 5. The van der Waals surface area contributed by atoms with Gasteiger partial charge in [0.15, 0.2) is 0 Å². The van der Waals surface area contributed by atoms with Crippen LogP contribution >= 0.6 is 34.5 Å². The lowest BCUT2D eigenvalue weighted by atomic mass is 10.3. The molecule has 1 saturated carbocycles. The predicted octanol–water partition coefficient (Wildman–Crippen LogP) is 3.76. The molecule has 4 rings (SSSR count). The molecular weight excluding hydrogens is 407 g/mol. The Morgan fingerprint density at radius 1 is 1.15 bits per heavy atom. The van der Waals surface area contributed by atoms with Crippen molar-refractivity contribution in [2.75, 3.05) is 36.4 Å². The minimum atomic E-state index is -0.0123. The molecule has 142 valence electrons. The van der Waals surface area contributed by atoms with Crippen molar-refractivity contribution < 1.29 is 9.59 Å². The molecule has 2 amide bonds. The Morgan fingerprint density at radius 3 is 2.56 bits per heavy atom. The number of carbonyl (C=O) groups excluding carboxylic acids is 2. The van der Waals surface area contributed by atoms with Crippen LogP contribution in [0.2, 0.25) is 10.0 Å². The molecule has 1 aliphatic carbocycles. The molecule has 2 fully saturated rings. The summed E-state index contributed by atoms with van der Waals surface area (Å²) in [5.41, 5.74) is 0. The molecule has 2 aliphatic rings. The van der Waals surface area contributed by atoms with Crippen LogP contribution in [0.15, 0.2) is 24.4 Å².